The van der Waals surface area contributed by atoms with Gasteiger partial charge in [0.05, 0.1) is 5.56 Å². The van der Waals surface area contributed by atoms with E-state index < -0.39 is 5.91 Å². The van der Waals surface area contributed by atoms with Crippen molar-refractivity contribution in [2.24, 2.45) is 5.73 Å². The molecule has 0 bridgehead atoms. The van der Waals surface area contributed by atoms with Crippen LogP contribution in [0.3, 0.4) is 0 Å². The Hall–Kier alpha value is -1.84. The molecule has 17 heavy (non-hydrogen) atoms. The first-order valence-corrected chi connectivity index (χ1v) is 5.74. The second kappa shape index (κ2) is 4.99. The van der Waals surface area contributed by atoms with Crippen LogP contribution in [-0.4, -0.2) is 17.8 Å². The van der Waals surface area contributed by atoms with Gasteiger partial charge in [-0.15, -0.1) is 0 Å². The Labute approximate surface area is 99.8 Å². The fourth-order valence-corrected chi connectivity index (χ4v) is 2.04. The molecule has 0 spiro atoms. The maximum absolute atomic E-state index is 11.3. The van der Waals surface area contributed by atoms with Crippen LogP contribution in [0.2, 0.25) is 0 Å². The van der Waals surface area contributed by atoms with Crippen molar-refractivity contribution in [2.75, 3.05) is 0 Å². The molecule has 4 heteroatoms. The number of rotatable bonds is 3. The van der Waals surface area contributed by atoms with Gasteiger partial charge in [0.25, 0.3) is 5.91 Å². The predicted octanol–water partition coefficient (Wildman–Crippen LogP) is 1.68. The van der Waals surface area contributed by atoms with Crippen LogP contribution in [0.1, 0.15) is 36.0 Å². The molecule has 1 fully saturated rings. The molecule has 0 radical (unpaired) electrons. The van der Waals surface area contributed by atoms with Gasteiger partial charge in [-0.05, 0) is 25.0 Å². The van der Waals surface area contributed by atoms with E-state index in [1.165, 1.54) is 0 Å². The van der Waals surface area contributed by atoms with Gasteiger partial charge >= 0.3 is 0 Å². The van der Waals surface area contributed by atoms with Gasteiger partial charge in [-0.2, -0.15) is 0 Å². The van der Waals surface area contributed by atoms with E-state index in [1.807, 2.05) is 0 Å². The van der Waals surface area contributed by atoms with Crippen LogP contribution < -0.4 is 10.5 Å². The lowest BCUT2D eigenvalue weighted by Crippen LogP contribution is -2.26. The van der Waals surface area contributed by atoms with E-state index in [0.29, 0.717) is 24.2 Å². The molecule has 0 heterocycles. The lowest BCUT2D eigenvalue weighted by molar-refractivity contribution is -0.122. The molecule has 1 aromatic rings. The van der Waals surface area contributed by atoms with Gasteiger partial charge in [-0.1, -0.05) is 12.1 Å². The number of carbonyl (C=O) groups excluding carboxylic acids is 2. The van der Waals surface area contributed by atoms with E-state index in [0.717, 1.165) is 12.8 Å². The smallest absolute Gasteiger partial charge is 0.252 e. The summed E-state index contributed by atoms with van der Waals surface area (Å²) in [6, 6.07) is 6.85. The van der Waals surface area contributed by atoms with Crippen molar-refractivity contribution >= 4 is 11.7 Å². The molecule has 1 atom stereocenters. The van der Waals surface area contributed by atoms with E-state index in [9.17, 15) is 9.59 Å². The number of hydrogen-bond acceptors (Lipinski definition) is 3. The Morgan fingerprint density at radius 2 is 2.12 bits per heavy atom. The van der Waals surface area contributed by atoms with Crippen LogP contribution in [0.25, 0.3) is 0 Å². The summed E-state index contributed by atoms with van der Waals surface area (Å²) < 4.78 is 5.70. The third kappa shape index (κ3) is 2.84. The molecule has 1 aliphatic rings. The van der Waals surface area contributed by atoms with Crippen LogP contribution in [0, 0.1) is 0 Å². The quantitative estimate of drug-likeness (QED) is 0.863. The van der Waals surface area contributed by atoms with Crippen molar-refractivity contribution in [1.82, 2.24) is 0 Å². The highest BCUT2D eigenvalue weighted by Crippen LogP contribution is 2.24. The predicted molar refractivity (Wildman–Crippen MR) is 62.9 cm³/mol. The maximum atomic E-state index is 11.3. The van der Waals surface area contributed by atoms with Gasteiger partial charge in [0.2, 0.25) is 0 Å². The average Bonchev–Trinajstić information content (AvgIpc) is 2.29. The minimum absolute atomic E-state index is 0.128. The number of carbonyl (C=O) groups is 2. The van der Waals surface area contributed by atoms with E-state index in [-0.39, 0.29) is 11.9 Å². The Balaban J connectivity index is 2.12. The van der Waals surface area contributed by atoms with Crippen molar-refractivity contribution in [2.45, 2.75) is 31.8 Å². The zero-order valence-electron chi connectivity index (χ0n) is 9.52. The number of ether oxygens (including phenoxy) is 1. The Morgan fingerprint density at radius 3 is 2.82 bits per heavy atom. The van der Waals surface area contributed by atoms with Crippen molar-refractivity contribution in [3.8, 4) is 5.75 Å². The summed E-state index contributed by atoms with van der Waals surface area (Å²) in [4.78, 5) is 22.5. The number of Topliss-reactive ketones (excluding diaryl/α,β-unsaturated/α-hetero) is 1. The standard InChI is InChI=1S/C13H15NO3/c14-13(16)11-6-1-2-7-12(11)17-10-5-3-4-9(15)8-10/h1-2,6-7,10H,3-5,8H2,(H2,14,16). The summed E-state index contributed by atoms with van der Waals surface area (Å²) >= 11 is 0. The summed E-state index contributed by atoms with van der Waals surface area (Å²) in [5.41, 5.74) is 5.63. The SMILES string of the molecule is NC(=O)c1ccccc1OC1CCCC(=O)C1. The highest BCUT2D eigenvalue weighted by atomic mass is 16.5. The van der Waals surface area contributed by atoms with Crippen LogP contribution >= 0.6 is 0 Å². The summed E-state index contributed by atoms with van der Waals surface area (Å²) in [5.74, 6) is 0.181. The number of primary amides is 1. The van der Waals surface area contributed by atoms with Gasteiger partial charge in [-0.3, -0.25) is 9.59 Å². The number of hydrogen-bond donors (Lipinski definition) is 1. The lowest BCUT2D eigenvalue weighted by Gasteiger charge is -2.23. The highest BCUT2D eigenvalue weighted by molar-refractivity contribution is 5.95. The van der Waals surface area contributed by atoms with Crippen LogP contribution in [0.15, 0.2) is 24.3 Å². The first-order valence-electron chi connectivity index (χ1n) is 5.74. The van der Waals surface area contributed by atoms with E-state index >= 15 is 0 Å². The van der Waals surface area contributed by atoms with Gasteiger partial charge in [0.1, 0.15) is 17.6 Å². The third-order valence-electron chi connectivity index (χ3n) is 2.88. The second-order valence-electron chi connectivity index (χ2n) is 4.24. The normalized spacial score (nSPS) is 20.0. The number of nitrogens with two attached hydrogens (primary N) is 1. The number of amides is 1. The minimum atomic E-state index is -0.511. The molecule has 0 aromatic heterocycles. The molecule has 0 saturated heterocycles. The third-order valence-corrected chi connectivity index (χ3v) is 2.88. The average molecular weight is 233 g/mol. The molecule has 0 aliphatic heterocycles. The van der Waals surface area contributed by atoms with E-state index in [1.54, 1.807) is 24.3 Å². The second-order valence-corrected chi connectivity index (χ2v) is 4.24. The van der Waals surface area contributed by atoms with Gasteiger partial charge in [-0.25, -0.2) is 0 Å². The molecular formula is C13H15NO3. The summed E-state index contributed by atoms with van der Waals surface area (Å²) in [5, 5.41) is 0. The zero-order chi connectivity index (χ0) is 12.3. The number of benzene rings is 1. The summed E-state index contributed by atoms with van der Waals surface area (Å²) in [7, 11) is 0. The number of ketones is 1. The van der Waals surface area contributed by atoms with Gasteiger partial charge in [0, 0.05) is 12.8 Å². The fourth-order valence-electron chi connectivity index (χ4n) is 2.04. The molecule has 1 aliphatic carbocycles. The molecule has 1 amide bonds. The van der Waals surface area contributed by atoms with Crippen molar-refractivity contribution in [3.63, 3.8) is 0 Å². The monoisotopic (exact) mass is 233 g/mol. The van der Waals surface area contributed by atoms with Crippen LogP contribution in [0.5, 0.6) is 5.75 Å². The molecular weight excluding hydrogens is 218 g/mol. The molecule has 1 unspecified atom stereocenters. The highest BCUT2D eigenvalue weighted by Gasteiger charge is 2.22. The van der Waals surface area contributed by atoms with Crippen LogP contribution in [-0.2, 0) is 4.79 Å². The molecule has 1 saturated carbocycles. The van der Waals surface area contributed by atoms with Gasteiger partial charge in [0.15, 0.2) is 0 Å². The Kier molecular flexibility index (Phi) is 3.42. The summed E-state index contributed by atoms with van der Waals surface area (Å²) in [6.45, 7) is 0. The van der Waals surface area contributed by atoms with Crippen LogP contribution in [0.4, 0.5) is 0 Å². The first-order chi connectivity index (χ1) is 8.16. The molecule has 2 rings (SSSR count). The topological polar surface area (TPSA) is 69.4 Å². The molecule has 90 valence electrons. The maximum Gasteiger partial charge on any atom is 0.252 e. The Bertz CT molecular complexity index is 442. The summed E-state index contributed by atoms with van der Waals surface area (Å²) in [6.07, 6.45) is 2.63. The first kappa shape index (κ1) is 11.6. The zero-order valence-corrected chi connectivity index (χ0v) is 9.52. The largest absolute Gasteiger partial charge is 0.489 e. The van der Waals surface area contributed by atoms with E-state index in [4.69, 9.17) is 10.5 Å². The lowest BCUT2D eigenvalue weighted by atomic mass is 9.96. The molecule has 1 aromatic carbocycles. The number of para-hydroxylation sites is 1. The molecule has 2 N–H and O–H groups in total. The minimum Gasteiger partial charge on any atom is -0.489 e. The van der Waals surface area contributed by atoms with Gasteiger partial charge < -0.3 is 10.5 Å². The fraction of sp³-hybridized carbons (Fsp3) is 0.385. The Morgan fingerprint density at radius 1 is 1.35 bits per heavy atom. The van der Waals surface area contributed by atoms with Crippen molar-refractivity contribution < 1.29 is 14.3 Å². The van der Waals surface area contributed by atoms with Crippen molar-refractivity contribution in [3.05, 3.63) is 29.8 Å². The van der Waals surface area contributed by atoms with Crippen molar-refractivity contribution in [1.29, 1.82) is 0 Å². The molecule has 4 nitrogen and oxygen atoms in total. The van der Waals surface area contributed by atoms with E-state index in [2.05, 4.69) is 0 Å².